The molecule has 2 aliphatic heterocycles. The summed E-state index contributed by atoms with van der Waals surface area (Å²) in [6.07, 6.45) is 15.0. The third-order valence-electron chi connectivity index (χ3n) is 7.27. The fourth-order valence-electron chi connectivity index (χ4n) is 5.75. The lowest BCUT2D eigenvalue weighted by Gasteiger charge is -2.36. The summed E-state index contributed by atoms with van der Waals surface area (Å²) in [6.45, 7) is 0. The zero-order valence-electron chi connectivity index (χ0n) is 14.6. The quantitative estimate of drug-likeness (QED) is 0.580. The number of rotatable bonds is 4. The molecular formula is C20H30O4. The highest BCUT2D eigenvalue weighted by Crippen LogP contribution is 2.54. The summed E-state index contributed by atoms with van der Waals surface area (Å²) in [5, 5.41) is 0. The molecule has 4 heteroatoms. The molecule has 0 aromatic heterocycles. The fourth-order valence-corrected chi connectivity index (χ4v) is 5.75. The largest absolute Gasteiger partial charge is 0.459 e. The van der Waals surface area contributed by atoms with Crippen LogP contribution in [0.2, 0.25) is 0 Å². The lowest BCUT2D eigenvalue weighted by molar-refractivity contribution is -0.164. The minimum absolute atomic E-state index is 0.00782. The topological polar surface area (TPSA) is 51.4 Å². The second-order valence-electron chi connectivity index (χ2n) is 8.79. The van der Waals surface area contributed by atoms with Gasteiger partial charge in [-0.25, -0.2) is 0 Å². The maximum atomic E-state index is 12.9. The van der Waals surface area contributed by atoms with Crippen LogP contribution in [0.15, 0.2) is 0 Å². The molecule has 0 bridgehead atoms. The summed E-state index contributed by atoms with van der Waals surface area (Å²) in [6, 6.07) is 0. The lowest BCUT2D eigenvalue weighted by Crippen LogP contribution is -2.45. The van der Waals surface area contributed by atoms with Crippen molar-refractivity contribution in [1.29, 1.82) is 0 Å². The molecule has 4 nitrogen and oxygen atoms in total. The van der Waals surface area contributed by atoms with E-state index >= 15 is 0 Å². The lowest BCUT2D eigenvalue weighted by atomic mass is 9.75. The smallest absolute Gasteiger partial charge is 0.309 e. The Labute approximate surface area is 144 Å². The fraction of sp³-hybridized carbons (Fsp3) is 0.950. The number of carbonyl (C=O) groups is 1. The van der Waals surface area contributed by atoms with E-state index < -0.39 is 0 Å². The molecule has 2 saturated heterocycles. The van der Waals surface area contributed by atoms with E-state index in [1.165, 1.54) is 44.9 Å². The number of epoxide rings is 2. The molecule has 134 valence electrons. The predicted octanol–water partition coefficient (Wildman–Crippen LogP) is 3.76. The standard InChI is InChI=1S/C20H30O4/c21-19(14-9-10-15-16(12-14)22-15)23-18(13-6-2-1-3-7-13)20-11-5-4-8-17(20)24-20/h13-18H,1-12H2. The Hall–Kier alpha value is -0.610. The molecule has 3 saturated carbocycles. The predicted molar refractivity (Wildman–Crippen MR) is 88.5 cm³/mol. The second kappa shape index (κ2) is 5.98. The van der Waals surface area contributed by atoms with E-state index in [0.717, 1.165) is 32.1 Å². The highest BCUT2D eigenvalue weighted by atomic mass is 16.6. The van der Waals surface area contributed by atoms with Gasteiger partial charge in [0.05, 0.1) is 24.2 Å². The summed E-state index contributed by atoms with van der Waals surface area (Å²) in [4.78, 5) is 12.9. The van der Waals surface area contributed by atoms with Crippen molar-refractivity contribution in [1.82, 2.24) is 0 Å². The van der Waals surface area contributed by atoms with E-state index in [0.29, 0.717) is 24.2 Å². The molecule has 6 atom stereocenters. The number of fused-ring (bicyclic) bond motifs is 2. The molecule has 0 aromatic rings. The Kier molecular flexibility index (Phi) is 3.89. The molecule has 0 amide bonds. The van der Waals surface area contributed by atoms with Gasteiger partial charge in [-0.2, -0.15) is 0 Å². The van der Waals surface area contributed by atoms with Gasteiger partial charge in [-0.05, 0) is 50.9 Å². The summed E-state index contributed by atoms with van der Waals surface area (Å²) in [5.74, 6) is 0.602. The first-order valence-corrected chi connectivity index (χ1v) is 10.3. The number of carbonyl (C=O) groups excluding carboxylic acids is 1. The van der Waals surface area contributed by atoms with Gasteiger partial charge < -0.3 is 14.2 Å². The van der Waals surface area contributed by atoms with Crippen molar-refractivity contribution in [2.24, 2.45) is 11.8 Å². The van der Waals surface area contributed by atoms with E-state index in [4.69, 9.17) is 14.2 Å². The van der Waals surface area contributed by atoms with Crippen molar-refractivity contribution in [2.75, 3.05) is 0 Å². The molecule has 0 aromatic carbocycles. The van der Waals surface area contributed by atoms with Crippen molar-refractivity contribution >= 4 is 5.97 Å². The van der Waals surface area contributed by atoms with Gasteiger partial charge in [-0.3, -0.25) is 4.79 Å². The molecule has 0 spiro atoms. The third kappa shape index (κ3) is 2.70. The Bertz CT molecular complexity index is 500. The zero-order valence-corrected chi connectivity index (χ0v) is 14.6. The van der Waals surface area contributed by atoms with Crippen LogP contribution in [0.1, 0.15) is 77.0 Å². The van der Waals surface area contributed by atoms with E-state index in [-0.39, 0.29) is 23.6 Å². The van der Waals surface area contributed by atoms with E-state index in [1.807, 2.05) is 0 Å². The molecule has 24 heavy (non-hydrogen) atoms. The molecular weight excluding hydrogens is 304 g/mol. The molecule has 2 heterocycles. The second-order valence-corrected chi connectivity index (χ2v) is 8.79. The van der Waals surface area contributed by atoms with Crippen LogP contribution in [0.25, 0.3) is 0 Å². The number of hydrogen-bond acceptors (Lipinski definition) is 4. The van der Waals surface area contributed by atoms with Crippen LogP contribution in [0.5, 0.6) is 0 Å². The number of ether oxygens (including phenoxy) is 3. The van der Waals surface area contributed by atoms with Crippen LogP contribution in [0.4, 0.5) is 0 Å². The maximum Gasteiger partial charge on any atom is 0.309 e. The Morgan fingerprint density at radius 3 is 2.58 bits per heavy atom. The van der Waals surface area contributed by atoms with Crippen LogP contribution >= 0.6 is 0 Å². The van der Waals surface area contributed by atoms with Gasteiger partial charge in [0.25, 0.3) is 0 Å². The van der Waals surface area contributed by atoms with Gasteiger partial charge in [0.1, 0.15) is 11.7 Å². The van der Waals surface area contributed by atoms with E-state index in [9.17, 15) is 4.79 Å². The molecule has 3 aliphatic carbocycles. The Balaban J connectivity index is 1.30. The number of hydrogen-bond donors (Lipinski definition) is 0. The first-order valence-electron chi connectivity index (χ1n) is 10.3. The summed E-state index contributed by atoms with van der Waals surface area (Å²) >= 11 is 0. The van der Waals surface area contributed by atoms with Crippen molar-refractivity contribution in [3.63, 3.8) is 0 Å². The van der Waals surface area contributed by atoms with Crippen molar-refractivity contribution in [3.05, 3.63) is 0 Å². The average molecular weight is 334 g/mol. The van der Waals surface area contributed by atoms with E-state index in [2.05, 4.69) is 0 Å². The van der Waals surface area contributed by atoms with Gasteiger partial charge in [0, 0.05) is 0 Å². The Morgan fingerprint density at radius 1 is 0.958 bits per heavy atom. The van der Waals surface area contributed by atoms with Crippen LogP contribution < -0.4 is 0 Å². The molecule has 0 radical (unpaired) electrons. The summed E-state index contributed by atoms with van der Waals surface area (Å²) in [7, 11) is 0. The van der Waals surface area contributed by atoms with Crippen LogP contribution in [0.3, 0.4) is 0 Å². The number of esters is 1. The minimum Gasteiger partial charge on any atom is -0.459 e. The highest BCUT2D eigenvalue weighted by molar-refractivity contribution is 5.73. The molecule has 5 fully saturated rings. The van der Waals surface area contributed by atoms with Crippen LogP contribution in [0, 0.1) is 11.8 Å². The Morgan fingerprint density at radius 2 is 1.79 bits per heavy atom. The maximum absolute atomic E-state index is 12.9. The van der Waals surface area contributed by atoms with Crippen molar-refractivity contribution < 1.29 is 19.0 Å². The monoisotopic (exact) mass is 334 g/mol. The van der Waals surface area contributed by atoms with Gasteiger partial charge >= 0.3 is 5.97 Å². The van der Waals surface area contributed by atoms with E-state index in [1.54, 1.807) is 0 Å². The first kappa shape index (κ1) is 15.6. The average Bonchev–Trinajstić information content (AvgIpc) is 3.52. The normalized spacial score (nSPS) is 45.7. The minimum atomic E-state index is -0.122. The highest BCUT2D eigenvalue weighted by Gasteiger charge is 2.65. The van der Waals surface area contributed by atoms with Crippen molar-refractivity contribution in [2.45, 2.75) is 107 Å². The molecule has 5 rings (SSSR count). The van der Waals surface area contributed by atoms with Gasteiger partial charge in [0.2, 0.25) is 0 Å². The summed E-state index contributed by atoms with van der Waals surface area (Å²) in [5.41, 5.74) is -0.122. The van der Waals surface area contributed by atoms with Gasteiger partial charge in [-0.15, -0.1) is 0 Å². The third-order valence-corrected chi connectivity index (χ3v) is 7.27. The van der Waals surface area contributed by atoms with Gasteiger partial charge in [-0.1, -0.05) is 32.1 Å². The molecule has 5 aliphatic rings. The zero-order chi connectivity index (χ0) is 16.1. The van der Waals surface area contributed by atoms with Gasteiger partial charge in [0.15, 0.2) is 0 Å². The molecule has 0 N–H and O–H groups in total. The first-order chi connectivity index (χ1) is 11.8. The SMILES string of the molecule is O=C(OC(C1CCCCC1)C12CCCCC1O2)C1CCC2OC2C1. The van der Waals surface area contributed by atoms with Crippen LogP contribution in [-0.4, -0.2) is 36.0 Å². The summed E-state index contributed by atoms with van der Waals surface area (Å²) < 4.78 is 18.0. The molecule has 6 unspecified atom stereocenters. The van der Waals surface area contributed by atoms with Crippen LogP contribution in [-0.2, 0) is 19.0 Å². The van der Waals surface area contributed by atoms with Crippen molar-refractivity contribution in [3.8, 4) is 0 Å².